The van der Waals surface area contributed by atoms with E-state index in [9.17, 15) is 9.59 Å². The third-order valence-corrected chi connectivity index (χ3v) is 11.2. The smallest absolute Gasteiger partial charge is 0.408 e. The molecule has 0 spiro atoms. The Morgan fingerprint density at radius 2 is 1.59 bits per heavy atom. The third kappa shape index (κ3) is 4.11. The molecule has 2 saturated carbocycles. The first-order chi connectivity index (χ1) is 18.7. The van der Waals surface area contributed by atoms with Crippen molar-refractivity contribution in [2.75, 3.05) is 7.05 Å². The first kappa shape index (κ1) is 26.2. The standard InChI is InChI=1S/C34H42N2O3/c1-32-22-20-30(37)36(4)28(32)17-15-25-26-16-18-29(33(26,2)21-19-27(25)32)39-31(38)35-34(3,23-11-7-5-8-12-23)24-13-9-6-10-14-24/h5-14,17,25-27,29H,15-16,18-22H2,1-4H3,(H,35,38)/t25-,26-,27-,29-,32+,33-/m0/s1. The van der Waals surface area contributed by atoms with Gasteiger partial charge in [-0.25, -0.2) is 4.79 Å². The molecule has 39 heavy (non-hydrogen) atoms. The molecule has 0 bridgehead atoms. The minimum atomic E-state index is -0.695. The van der Waals surface area contributed by atoms with Crippen molar-refractivity contribution in [2.45, 2.75) is 77.4 Å². The van der Waals surface area contributed by atoms with Crippen molar-refractivity contribution in [3.8, 4) is 0 Å². The van der Waals surface area contributed by atoms with Crippen molar-refractivity contribution < 1.29 is 14.3 Å². The number of nitrogens with one attached hydrogen (secondary N) is 1. The number of alkyl carbamates (subject to hydrolysis) is 1. The highest BCUT2D eigenvalue weighted by Gasteiger charge is 2.60. The number of nitrogens with zero attached hydrogens (tertiary/aromatic N) is 1. The van der Waals surface area contributed by atoms with Gasteiger partial charge in [-0.15, -0.1) is 0 Å². The number of carbonyl (C=O) groups is 2. The number of likely N-dealkylation sites (tertiary alicyclic amines) is 1. The fraction of sp³-hybridized carbons (Fsp3) is 0.529. The first-order valence-electron chi connectivity index (χ1n) is 14.7. The van der Waals surface area contributed by atoms with E-state index in [0.29, 0.717) is 24.2 Å². The largest absolute Gasteiger partial charge is 0.446 e. The van der Waals surface area contributed by atoms with Crippen molar-refractivity contribution in [3.05, 3.63) is 83.6 Å². The highest BCUT2D eigenvalue weighted by Crippen LogP contribution is 2.64. The summed E-state index contributed by atoms with van der Waals surface area (Å²) in [5.74, 6) is 1.94. The number of carbonyl (C=O) groups excluding carboxylic acids is 2. The number of hydrogen-bond donors (Lipinski definition) is 1. The van der Waals surface area contributed by atoms with Crippen LogP contribution >= 0.6 is 0 Å². The van der Waals surface area contributed by atoms with Gasteiger partial charge in [-0.2, -0.15) is 0 Å². The zero-order valence-electron chi connectivity index (χ0n) is 23.8. The van der Waals surface area contributed by atoms with Crippen LogP contribution in [0.3, 0.4) is 0 Å². The lowest BCUT2D eigenvalue weighted by molar-refractivity contribution is -0.136. The number of rotatable bonds is 4. The lowest BCUT2D eigenvalue weighted by atomic mass is 9.49. The van der Waals surface area contributed by atoms with Crippen LogP contribution in [0.25, 0.3) is 0 Å². The van der Waals surface area contributed by atoms with Crippen molar-refractivity contribution in [1.82, 2.24) is 10.2 Å². The normalized spacial score (nSPS) is 33.9. The molecule has 2 aromatic carbocycles. The van der Waals surface area contributed by atoms with Crippen LogP contribution in [0.15, 0.2) is 72.4 Å². The van der Waals surface area contributed by atoms with Crippen LogP contribution < -0.4 is 5.32 Å². The Labute approximate surface area is 233 Å². The molecule has 0 aromatic heterocycles. The van der Waals surface area contributed by atoms with Gasteiger partial charge in [-0.05, 0) is 74.3 Å². The minimum absolute atomic E-state index is 0.0213. The van der Waals surface area contributed by atoms with E-state index in [1.54, 1.807) is 0 Å². The lowest BCUT2D eigenvalue weighted by Gasteiger charge is -2.58. The second kappa shape index (κ2) is 9.53. The van der Waals surface area contributed by atoms with Gasteiger partial charge in [0.2, 0.25) is 5.91 Å². The topological polar surface area (TPSA) is 58.6 Å². The van der Waals surface area contributed by atoms with Gasteiger partial charge in [-0.3, -0.25) is 4.79 Å². The van der Waals surface area contributed by atoms with Gasteiger partial charge in [0.05, 0.1) is 5.54 Å². The maximum absolute atomic E-state index is 13.6. The van der Waals surface area contributed by atoms with Crippen molar-refractivity contribution in [2.24, 2.45) is 28.6 Å². The Bertz CT molecular complexity index is 1230. The summed E-state index contributed by atoms with van der Waals surface area (Å²) in [6.45, 7) is 6.82. The van der Waals surface area contributed by atoms with E-state index in [1.807, 2.05) is 48.3 Å². The minimum Gasteiger partial charge on any atom is -0.446 e. The summed E-state index contributed by atoms with van der Waals surface area (Å²) >= 11 is 0. The average molecular weight is 527 g/mol. The maximum Gasteiger partial charge on any atom is 0.408 e. The fourth-order valence-corrected chi connectivity index (χ4v) is 8.94. The molecule has 6 rings (SSSR count). The zero-order chi connectivity index (χ0) is 27.4. The highest BCUT2D eigenvalue weighted by atomic mass is 16.6. The molecule has 1 N–H and O–H groups in total. The summed E-state index contributed by atoms with van der Waals surface area (Å²) in [7, 11) is 1.95. The van der Waals surface area contributed by atoms with Crippen LogP contribution in [-0.4, -0.2) is 30.1 Å². The van der Waals surface area contributed by atoms with Crippen LogP contribution in [0.2, 0.25) is 0 Å². The van der Waals surface area contributed by atoms with Gasteiger partial charge in [0.25, 0.3) is 0 Å². The Kier molecular flexibility index (Phi) is 6.39. The average Bonchev–Trinajstić information content (AvgIpc) is 3.27. The van der Waals surface area contributed by atoms with Crippen LogP contribution in [0.5, 0.6) is 0 Å². The monoisotopic (exact) mass is 526 g/mol. The molecule has 206 valence electrons. The molecule has 1 saturated heterocycles. The fourth-order valence-electron chi connectivity index (χ4n) is 8.94. The summed E-state index contributed by atoms with van der Waals surface area (Å²) in [5, 5.41) is 3.27. The molecule has 1 heterocycles. The number of piperidine rings is 1. The van der Waals surface area contributed by atoms with Crippen molar-refractivity contribution in [3.63, 3.8) is 0 Å². The molecule has 1 aliphatic heterocycles. The van der Waals surface area contributed by atoms with Crippen molar-refractivity contribution >= 4 is 12.0 Å². The maximum atomic E-state index is 13.6. The third-order valence-electron chi connectivity index (χ3n) is 11.2. The predicted molar refractivity (Wildman–Crippen MR) is 153 cm³/mol. The van der Waals surface area contributed by atoms with Gasteiger partial charge in [0, 0.05) is 30.0 Å². The van der Waals surface area contributed by atoms with Crippen molar-refractivity contribution in [1.29, 1.82) is 0 Å². The first-order valence-corrected chi connectivity index (χ1v) is 14.7. The van der Waals surface area contributed by atoms with Crippen LogP contribution in [0.4, 0.5) is 4.79 Å². The molecule has 2 aromatic rings. The number of ether oxygens (including phenoxy) is 1. The molecule has 2 amide bonds. The lowest BCUT2D eigenvalue weighted by Crippen LogP contribution is -2.54. The quantitative estimate of drug-likeness (QED) is 0.465. The summed E-state index contributed by atoms with van der Waals surface area (Å²) in [5.41, 5.74) is 2.65. The molecular formula is C34H42N2O3. The van der Waals surface area contributed by atoms with Gasteiger partial charge in [0.1, 0.15) is 6.10 Å². The predicted octanol–water partition coefficient (Wildman–Crippen LogP) is 7.03. The Morgan fingerprint density at radius 3 is 2.23 bits per heavy atom. The molecule has 5 nitrogen and oxygen atoms in total. The molecule has 6 atom stereocenters. The Hall–Kier alpha value is -3.08. The molecule has 0 radical (unpaired) electrons. The zero-order valence-corrected chi connectivity index (χ0v) is 23.8. The number of hydrogen-bond acceptors (Lipinski definition) is 3. The highest BCUT2D eigenvalue weighted by molar-refractivity contribution is 5.79. The van der Waals surface area contributed by atoms with Gasteiger partial charge >= 0.3 is 6.09 Å². The molecule has 0 unspecified atom stereocenters. The van der Waals surface area contributed by atoms with E-state index in [-0.39, 0.29) is 28.9 Å². The number of amides is 2. The second-order valence-corrected chi connectivity index (χ2v) is 13.1. The molecule has 4 aliphatic rings. The van der Waals surface area contributed by atoms with E-state index >= 15 is 0 Å². The molecule has 3 fully saturated rings. The van der Waals surface area contributed by atoms with Crippen LogP contribution in [-0.2, 0) is 15.1 Å². The summed E-state index contributed by atoms with van der Waals surface area (Å²) in [6, 6.07) is 20.3. The second-order valence-electron chi connectivity index (χ2n) is 13.1. The summed E-state index contributed by atoms with van der Waals surface area (Å²) in [6.07, 6.45) is 8.73. The summed E-state index contributed by atoms with van der Waals surface area (Å²) < 4.78 is 6.35. The van der Waals surface area contributed by atoms with Crippen LogP contribution in [0.1, 0.15) is 76.8 Å². The van der Waals surface area contributed by atoms with Crippen LogP contribution in [0, 0.1) is 28.6 Å². The molecular weight excluding hydrogens is 484 g/mol. The van der Waals surface area contributed by atoms with E-state index in [0.717, 1.165) is 49.7 Å². The van der Waals surface area contributed by atoms with Gasteiger partial charge in [-0.1, -0.05) is 80.6 Å². The van der Waals surface area contributed by atoms with Gasteiger partial charge < -0.3 is 15.0 Å². The number of benzene rings is 2. The Balaban J connectivity index is 1.21. The SMILES string of the molecule is CN1C(=O)CC[C@@]2(C)C1=CC[C@H]1[C@@H]3CC[C@H](OC(=O)NC(C)(c4ccccc4)c4ccccc4)[C@@]3(C)CC[C@@H]12. The molecule has 3 aliphatic carbocycles. The van der Waals surface area contributed by atoms with E-state index in [4.69, 9.17) is 4.74 Å². The number of allylic oxidation sites excluding steroid dienone is 2. The van der Waals surface area contributed by atoms with E-state index in [2.05, 4.69) is 56.4 Å². The molecule has 5 heteroatoms. The van der Waals surface area contributed by atoms with E-state index in [1.165, 1.54) is 5.70 Å². The van der Waals surface area contributed by atoms with Gasteiger partial charge in [0.15, 0.2) is 0 Å². The number of fused-ring (bicyclic) bond motifs is 5. The summed E-state index contributed by atoms with van der Waals surface area (Å²) in [4.78, 5) is 28.0. The Morgan fingerprint density at radius 1 is 0.949 bits per heavy atom. The van der Waals surface area contributed by atoms with E-state index < -0.39 is 5.54 Å².